The smallest absolute Gasteiger partial charge is 0.202 e. The molecule has 0 bridgehead atoms. The predicted molar refractivity (Wildman–Crippen MR) is 86.0 cm³/mol. The minimum Gasteiger partial charge on any atom is -0.461 e. The molecule has 0 unspecified atom stereocenters. The van der Waals surface area contributed by atoms with E-state index in [-0.39, 0.29) is 0 Å². The van der Waals surface area contributed by atoms with E-state index in [1.54, 1.807) is 18.5 Å². The molecule has 1 N–H and O–H groups in total. The number of imidazole rings is 1. The number of furan rings is 1. The van der Waals surface area contributed by atoms with E-state index < -0.39 is 6.10 Å². The summed E-state index contributed by atoms with van der Waals surface area (Å²) >= 11 is 0. The average Bonchev–Trinajstić information content (AvgIpc) is 3.37. The van der Waals surface area contributed by atoms with Crippen molar-refractivity contribution < 1.29 is 14.0 Å². The number of rotatable bonds is 5. The van der Waals surface area contributed by atoms with Gasteiger partial charge in [0.15, 0.2) is 5.76 Å². The fourth-order valence-corrected chi connectivity index (χ4v) is 2.58. The third-order valence-corrected chi connectivity index (χ3v) is 3.76. The zero-order valence-electron chi connectivity index (χ0n) is 12.7. The number of hydrogen-bond donors (Lipinski definition) is 1. The van der Waals surface area contributed by atoms with Crippen molar-refractivity contribution in [1.82, 2.24) is 14.7 Å². The van der Waals surface area contributed by atoms with Crippen LogP contribution in [0.3, 0.4) is 0 Å². The van der Waals surface area contributed by atoms with Crippen LogP contribution in [0.25, 0.3) is 11.5 Å². The van der Waals surface area contributed by atoms with Gasteiger partial charge < -0.3 is 18.6 Å². The van der Waals surface area contributed by atoms with Crippen LogP contribution in [-0.2, 0) is 6.54 Å². The summed E-state index contributed by atoms with van der Waals surface area (Å²) in [5.74, 6) is 1.76. The first-order valence-corrected chi connectivity index (χ1v) is 7.55. The Kier molecular flexibility index (Phi) is 3.72. The largest absolute Gasteiger partial charge is 0.461 e. The SMILES string of the molecule is O[C@H](c1ccccc1)c1nccn1Cc1cc(-c2ccco2)on1. The van der Waals surface area contributed by atoms with Crippen LogP contribution >= 0.6 is 0 Å². The number of nitrogens with zero attached hydrogens (tertiary/aromatic N) is 3. The minimum absolute atomic E-state index is 0.448. The van der Waals surface area contributed by atoms with Crippen molar-refractivity contribution in [3.63, 3.8) is 0 Å². The normalized spacial score (nSPS) is 12.4. The molecule has 6 heteroatoms. The molecule has 3 heterocycles. The Hall–Kier alpha value is -3.12. The highest BCUT2D eigenvalue weighted by molar-refractivity contribution is 5.49. The number of aromatic nitrogens is 3. The fourth-order valence-electron chi connectivity index (χ4n) is 2.58. The van der Waals surface area contributed by atoms with Crippen LogP contribution < -0.4 is 0 Å². The second-order valence-electron chi connectivity index (χ2n) is 5.39. The third-order valence-electron chi connectivity index (χ3n) is 3.76. The number of aliphatic hydroxyl groups is 1. The molecule has 0 aliphatic carbocycles. The number of aliphatic hydroxyl groups excluding tert-OH is 1. The van der Waals surface area contributed by atoms with Gasteiger partial charge in [-0.15, -0.1) is 0 Å². The summed E-state index contributed by atoms with van der Waals surface area (Å²) in [7, 11) is 0. The molecule has 3 aromatic heterocycles. The number of benzene rings is 1. The Morgan fingerprint density at radius 1 is 1.08 bits per heavy atom. The van der Waals surface area contributed by atoms with Gasteiger partial charge in [0.05, 0.1) is 12.8 Å². The lowest BCUT2D eigenvalue weighted by Gasteiger charge is -2.12. The lowest BCUT2D eigenvalue weighted by Crippen LogP contribution is -2.10. The maximum atomic E-state index is 10.6. The molecule has 0 radical (unpaired) electrons. The van der Waals surface area contributed by atoms with Crippen LogP contribution in [0.4, 0.5) is 0 Å². The maximum Gasteiger partial charge on any atom is 0.202 e. The van der Waals surface area contributed by atoms with E-state index in [9.17, 15) is 5.11 Å². The van der Waals surface area contributed by atoms with E-state index in [1.165, 1.54) is 0 Å². The van der Waals surface area contributed by atoms with Crippen LogP contribution in [0.1, 0.15) is 23.2 Å². The van der Waals surface area contributed by atoms with Gasteiger partial charge in [-0.3, -0.25) is 0 Å². The lowest BCUT2D eigenvalue weighted by atomic mass is 10.1. The van der Waals surface area contributed by atoms with Gasteiger partial charge >= 0.3 is 0 Å². The first-order valence-electron chi connectivity index (χ1n) is 7.55. The molecule has 0 saturated heterocycles. The van der Waals surface area contributed by atoms with E-state index in [1.807, 2.05) is 53.2 Å². The molecule has 4 aromatic rings. The van der Waals surface area contributed by atoms with Crippen molar-refractivity contribution in [2.24, 2.45) is 0 Å². The Bertz CT molecular complexity index is 910. The van der Waals surface area contributed by atoms with Crippen LogP contribution in [0.2, 0.25) is 0 Å². The van der Waals surface area contributed by atoms with Gasteiger partial charge in [-0.2, -0.15) is 0 Å². The molecule has 0 amide bonds. The lowest BCUT2D eigenvalue weighted by molar-refractivity contribution is 0.205. The van der Waals surface area contributed by atoms with Crippen molar-refractivity contribution >= 4 is 0 Å². The van der Waals surface area contributed by atoms with Crippen molar-refractivity contribution in [2.45, 2.75) is 12.6 Å². The zero-order valence-corrected chi connectivity index (χ0v) is 12.7. The first-order chi connectivity index (χ1) is 11.8. The second kappa shape index (κ2) is 6.17. The number of hydrogen-bond acceptors (Lipinski definition) is 5. The first kappa shape index (κ1) is 14.5. The van der Waals surface area contributed by atoms with Crippen molar-refractivity contribution in [2.75, 3.05) is 0 Å². The summed E-state index contributed by atoms with van der Waals surface area (Å²) in [6.07, 6.45) is 4.26. The van der Waals surface area contributed by atoms with Gasteiger partial charge in [-0.1, -0.05) is 35.5 Å². The van der Waals surface area contributed by atoms with Crippen molar-refractivity contribution in [1.29, 1.82) is 0 Å². The monoisotopic (exact) mass is 321 g/mol. The van der Waals surface area contributed by atoms with Crippen molar-refractivity contribution in [3.8, 4) is 11.5 Å². The van der Waals surface area contributed by atoms with E-state index in [2.05, 4.69) is 10.1 Å². The quantitative estimate of drug-likeness (QED) is 0.610. The molecule has 120 valence electrons. The minimum atomic E-state index is -0.794. The summed E-state index contributed by atoms with van der Waals surface area (Å²) in [5, 5.41) is 14.6. The fraction of sp³-hybridized carbons (Fsp3) is 0.111. The summed E-state index contributed by atoms with van der Waals surface area (Å²) in [6, 6.07) is 14.8. The molecular formula is C18H15N3O3. The Morgan fingerprint density at radius 3 is 2.75 bits per heavy atom. The second-order valence-corrected chi connectivity index (χ2v) is 5.39. The van der Waals surface area contributed by atoms with E-state index in [0.29, 0.717) is 23.9 Å². The molecule has 1 atom stereocenters. The van der Waals surface area contributed by atoms with Crippen LogP contribution in [0.15, 0.2) is 76.1 Å². The predicted octanol–water partition coefficient (Wildman–Crippen LogP) is 3.26. The molecule has 0 aliphatic rings. The van der Waals surface area contributed by atoms with E-state index >= 15 is 0 Å². The Morgan fingerprint density at radius 2 is 1.96 bits per heavy atom. The topological polar surface area (TPSA) is 77.2 Å². The van der Waals surface area contributed by atoms with Crippen LogP contribution in [0, 0.1) is 0 Å². The van der Waals surface area contributed by atoms with E-state index in [4.69, 9.17) is 8.94 Å². The van der Waals surface area contributed by atoms with Gasteiger partial charge in [-0.05, 0) is 17.7 Å². The standard InChI is InChI=1S/C18H15N3O3/c22-17(13-5-2-1-3-6-13)18-19-8-9-21(18)12-14-11-16(24-20-14)15-7-4-10-23-15/h1-11,17,22H,12H2/t17-/m1/s1. The van der Waals surface area contributed by atoms with Crippen molar-refractivity contribution in [3.05, 3.63) is 84.3 Å². The molecule has 1 aromatic carbocycles. The molecule has 4 rings (SSSR count). The molecule has 0 spiro atoms. The molecular weight excluding hydrogens is 306 g/mol. The molecule has 24 heavy (non-hydrogen) atoms. The maximum absolute atomic E-state index is 10.6. The highest BCUT2D eigenvalue weighted by atomic mass is 16.5. The zero-order chi connectivity index (χ0) is 16.4. The van der Waals surface area contributed by atoms with E-state index in [0.717, 1.165) is 11.3 Å². The Labute approximate surface area is 138 Å². The van der Waals surface area contributed by atoms with Gasteiger partial charge in [0.1, 0.15) is 17.6 Å². The molecule has 6 nitrogen and oxygen atoms in total. The molecule has 0 saturated carbocycles. The van der Waals surface area contributed by atoms with Gasteiger partial charge in [0.25, 0.3) is 0 Å². The summed E-state index contributed by atoms with van der Waals surface area (Å²) in [6.45, 7) is 0.448. The van der Waals surface area contributed by atoms with Crippen LogP contribution in [0.5, 0.6) is 0 Å². The Balaban J connectivity index is 1.57. The highest BCUT2D eigenvalue weighted by Gasteiger charge is 2.17. The summed E-state index contributed by atoms with van der Waals surface area (Å²) < 4.78 is 12.4. The van der Waals surface area contributed by atoms with Gasteiger partial charge in [-0.25, -0.2) is 4.98 Å². The third kappa shape index (κ3) is 2.75. The highest BCUT2D eigenvalue weighted by Crippen LogP contribution is 2.23. The summed E-state index contributed by atoms with van der Waals surface area (Å²) in [4.78, 5) is 4.28. The molecule has 0 fully saturated rings. The average molecular weight is 321 g/mol. The summed E-state index contributed by atoms with van der Waals surface area (Å²) in [5.41, 5.74) is 1.52. The molecule has 0 aliphatic heterocycles. The van der Waals surface area contributed by atoms with Gasteiger partial charge in [0, 0.05) is 18.5 Å². The van der Waals surface area contributed by atoms with Crippen LogP contribution in [-0.4, -0.2) is 19.8 Å². The van der Waals surface area contributed by atoms with Gasteiger partial charge in [0.2, 0.25) is 5.76 Å².